The van der Waals surface area contributed by atoms with Gasteiger partial charge < -0.3 is 10.1 Å². The molecule has 0 unspecified atom stereocenters. The number of halogens is 3. The first-order valence-corrected chi connectivity index (χ1v) is 7.37. The molecule has 0 bridgehead atoms. The van der Waals surface area contributed by atoms with Crippen LogP contribution in [0.5, 0.6) is 5.75 Å². The van der Waals surface area contributed by atoms with E-state index in [-0.39, 0.29) is 29.6 Å². The van der Waals surface area contributed by atoms with Gasteiger partial charge in [0.25, 0.3) is 0 Å². The standard InChI is InChI=1S/C16H24F2N2O.ClH/c1-16(2,3)14(20-10-8-19-9-11-20)12-4-6-13(7-5-12)21-15(17)18;/h4-7,14-15,19H,8-11H2,1-3H3;1H/t14-;/m0./s1. The lowest BCUT2D eigenvalue weighted by Gasteiger charge is -2.42. The van der Waals surface area contributed by atoms with Gasteiger partial charge in [-0.2, -0.15) is 8.78 Å². The predicted octanol–water partition coefficient (Wildman–Crippen LogP) is 3.70. The highest BCUT2D eigenvalue weighted by atomic mass is 35.5. The van der Waals surface area contributed by atoms with E-state index in [1.807, 2.05) is 12.1 Å². The number of benzene rings is 1. The number of piperazine rings is 1. The molecular weight excluding hydrogens is 310 g/mol. The van der Waals surface area contributed by atoms with Gasteiger partial charge in [0.2, 0.25) is 0 Å². The van der Waals surface area contributed by atoms with E-state index in [1.165, 1.54) is 0 Å². The molecule has 6 heteroatoms. The minimum atomic E-state index is -2.78. The van der Waals surface area contributed by atoms with Crippen LogP contribution in [-0.4, -0.2) is 37.7 Å². The molecule has 22 heavy (non-hydrogen) atoms. The summed E-state index contributed by atoms with van der Waals surface area (Å²) in [5, 5.41) is 3.36. The molecule has 0 amide bonds. The second-order valence-corrected chi connectivity index (χ2v) is 6.50. The van der Waals surface area contributed by atoms with Crippen molar-refractivity contribution in [1.82, 2.24) is 10.2 Å². The molecule has 1 aromatic rings. The van der Waals surface area contributed by atoms with Crippen molar-refractivity contribution in [3.05, 3.63) is 29.8 Å². The molecule has 2 rings (SSSR count). The Hall–Kier alpha value is -0.910. The van der Waals surface area contributed by atoms with Gasteiger partial charge in [-0.15, -0.1) is 12.4 Å². The largest absolute Gasteiger partial charge is 0.435 e. The van der Waals surface area contributed by atoms with Crippen molar-refractivity contribution in [2.24, 2.45) is 5.41 Å². The highest BCUT2D eigenvalue weighted by Crippen LogP contribution is 2.38. The van der Waals surface area contributed by atoms with Crippen LogP contribution < -0.4 is 10.1 Å². The minimum Gasteiger partial charge on any atom is -0.435 e. The third kappa shape index (κ3) is 5.07. The lowest BCUT2D eigenvalue weighted by atomic mass is 9.81. The fraction of sp³-hybridized carbons (Fsp3) is 0.625. The average molecular weight is 335 g/mol. The van der Waals surface area contributed by atoms with Crippen LogP contribution in [0.2, 0.25) is 0 Å². The maximum Gasteiger partial charge on any atom is 0.387 e. The van der Waals surface area contributed by atoms with Gasteiger partial charge in [0.05, 0.1) is 0 Å². The van der Waals surface area contributed by atoms with E-state index in [1.54, 1.807) is 12.1 Å². The molecule has 1 N–H and O–H groups in total. The fourth-order valence-corrected chi connectivity index (χ4v) is 3.03. The van der Waals surface area contributed by atoms with Gasteiger partial charge in [-0.05, 0) is 23.1 Å². The van der Waals surface area contributed by atoms with Crippen LogP contribution in [0.15, 0.2) is 24.3 Å². The van der Waals surface area contributed by atoms with Crippen LogP contribution in [0, 0.1) is 5.41 Å². The van der Waals surface area contributed by atoms with Gasteiger partial charge in [0, 0.05) is 32.2 Å². The van der Waals surface area contributed by atoms with E-state index < -0.39 is 6.61 Å². The molecule has 1 aliphatic heterocycles. The summed E-state index contributed by atoms with van der Waals surface area (Å²) in [5.41, 5.74) is 1.22. The number of nitrogens with zero attached hydrogens (tertiary/aromatic N) is 1. The summed E-state index contributed by atoms with van der Waals surface area (Å²) in [6.07, 6.45) is 0. The molecule has 0 radical (unpaired) electrons. The summed E-state index contributed by atoms with van der Waals surface area (Å²) < 4.78 is 28.9. The number of alkyl halides is 2. The van der Waals surface area contributed by atoms with Crippen molar-refractivity contribution in [3.63, 3.8) is 0 Å². The zero-order valence-electron chi connectivity index (χ0n) is 13.3. The lowest BCUT2D eigenvalue weighted by molar-refractivity contribution is -0.0498. The molecule has 1 aliphatic rings. The smallest absolute Gasteiger partial charge is 0.387 e. The zero-order valence-corrected chi connectivity index (χ0v) is 14.1. The average Bonchev–Trinajstić information content (AvgIpc) is 2.40. The molecule has 1 atom stereocenters. The zero-order chi connectivity index (χ0) is 15.5. The molecule has 0 spiro atoms. The van der Waals surface area contributed by atoms with Crippen molar-refractivity contribution in [2.45, 2.75) is 33.4 Å². The second-order valence-electron chi connectivity index (χ2n) is 6.50. The van der Waals surface area contributed by atoms with Crippen molar-refractivity contribution >= 4 is 12.4 Å². The van der Waals surface area contributed by atoms with Crippen molar-refractivity contribution in [1.29, 1.82) is 0 Å². The topological polar surface area (TPSA) is 24.5 Å². The molecule has 0 saturated carbocycles. The summed E-state index contributed by atoms with van der Waals surface area (Å²) in [6.45, 7) is 7.82. The Morgan fingerprint density at radius 3 is 2.09 bits per heavy atom. The van der Waals surface area contributed by atoms with Crippen LogP contribution in [0.25, 0.3) is 0 Å². The number of hydrogen-bond donors (Lipinski definition) is 1. The van der Waals surface area contributed by atoms with E-state index >= 15 is 0 Å². The molecule has 126 valence electrons. The summed E-state index contributed by atoms with van der Waals surface area (Å²) in [7, 11) is 0. The van der Waals surface area contributed by atoms with Gasteiger partial charge in [-0.3, -0.25) is 4.90 Å². The number of ether oxygens (including phenoxy) is 1. The highest BCUT2D eigenvalue weighted by molar-refractivity contribution is 5.85. The van der Waals surface area contributed by atoms with Crippen LogP contribution in [0.1, 0.15) is 32.4 Å². The third-order valence-electron chi connectivity index (χ3n) is 3.76. The monoisotopic (exact) mass is 334 g/mol. The summed E-state index contributed by atoms with van der Waals surface area (Å²) in [4.78, 5) is 2.46. The van der Waals surface area contributed by atoms with E-state index in [0.29, 0.717) is 0 Å². The quantitative estimate of drug-likeness (QED) is 0.908. The Kier molecular flexibility index (Phi) is 7.03. The first kappa shape index (κ1) is 19.1. The summed E-state index contributed by atoms with van der Waals surface area (Å²) in [5.74, 6) is 0.210. The number of hydrogen-bond acceptors (Lipinski definition) is 3. The summed E-state index contributed by atoms with van der Waals surface area (Å²) in [6, 6.07) is 7.32. The Bertz CT molecular complexity index is 442. The van der Waals surface area contributed by atoms with Crippen molar-refractivity contribution in [2.75, 3.05) is 26.2 Å². The normalized spacial score (nSPS) is 17.9. The maximum atomic E-state index is 12.2. The number of nitrogens with one attached hydrogen (secondary N) is 1. The Morgan fingerprint density at radius 1 is 1.09 bits per heavy atom. The van der Waals surface area contributed by atoms with Crippen LogP contribution in [0.3, 0.4) is 0 Å². The van der Waals surface area contributed by atoms with Gasteiger partial charge >= 0.3 is 6.61 Å². The minimum absolute atomic E-state index is 0. The van der Waals surface area contributed by atoms with Gasteiger partial charge in [0.1, 0.15) is 5.75 Å². The predicted molar refractivity (Wildman–Crippen MR) is 87.0 cm³/mol. The van der Waals surface area contributed by atoms with Crippen molar-refractivity contribution in [3.8, 4) is 5.75 Å². The number of rotatable bonds is 4. The molecule has 1 heterocycles. The molecule has 1 fully saturated rings. The van der Waals surface area contributed by atoms with E-state index in [0.717, 1.165) is 31.7 Å². The molecular formula is C16H25ClF2N2O. The van der Waals surface area contributed by atoms with Gasteiger partial charge in [-0.25, -0.2) is 0 Å². The van der Waals surface area contributed by atoms with Crippen molar-refractivity contribution < 1.29 is 13.5 Å². The molecule has 0 aliphatic carbocycles. The van der Waals surface area contributed by atoms with Gasteiger partial charge in [0.15, 0.2) is 0 Å². The lowest BCUT2D eigenvalue weighted by Crippen LogP contribution is -2.48. The highest BCUT2D eigenvalue weighted by Gasteiger charge is 2.32. The third-order valence-corrected chi connectivity index (χ3v) is 3.76. The Labute approximate surface area is 137 Å². The second kappa shape index (κ2) is 8.09. The maximum absolute atomic E-state index is 12.2. The first-order valence-electron chi connectivity index (χ1n) is 7.37. The molecule has 3 nitrogen and oxygen atoms in total. The van der Waals surface area contributed by atoms with E-state index in [4.69, 9.17) is 0 Å². The fourth-order valence-electron chi connectivity index (χ4n) is 3.03. The van der Waals surface area contributed by atoms with Gasteiger partial charge in [-0.1, -0.05) is 32.9 Å². The van der Waals surface area contributed by atoms with Crippen LogP contribution >= 0.6 is 12.4 Å². The molecule has 1 saturated heterocycles. The van der Waals surface area contributed by atoms with E-state index in [9.17, 15) is 8.78 Å². The van der Waals surface area contributed by atoms with E-state index in [2.05, 4.69) is 35.7 Å². The summed E-state index contributed by atoms with van der Waals surface area (Å²) >= 11 is 0. The SMILES string of the molecule is CC(C)(C)[C@H](c1ccc(OC(F)F)cc1)N1CCNCC1.Cl. The Balaban J connectivity index is 0.00000242. The molecule has 0 aromatic heterocycles. The van der Waals surface area contributed by atoms with Crippen LogP contribution in [-0.2, 0) is 0 Å². The molecule has 1 aromatic carbocycles. The Morgan fingerprint density at radius 2 is 1.64 bits per heavy atom. The van der Waals surface area contributed by atoms with Crippen LogP contribution in [0.4, 0.5) is 8.78 Å². The first-order chi connectivity index (χ1) is 9.88.